The number of nitrogens with zero attached hydrogens (tertiary/aromatic N) is 3. The Morgan fingerprint density at radius 3 is 2.48 bits per heavy atom. The van der Waals surface area contributed by atoms with E-state index in [0.29, 0.717) is 17.7 Å². The van der Waals surface area contributed by atoms with Crippen molar-refractivity contribution in [3.05, 3.63) is 70.3 Å². The molecule has 10 heteroatoms. The van der Waals surface area contributed by atoms with Gasteiger partial charge in [-0.2, -0.15) is 18.2 Å². The van der Waals surface area contributed by atoms with Crippen LogP contribution < -0.4 is 5.73 Å². The Bertz CT molecular complexity index is 1090. The molecule has 0 saturated heterocycles. The van der Waals surface area contributed by atoms with E-state index in [1.54, 1.807) is 49.3 Å². The maximum absolute atomic E-state index is 12.8. The highest BCUT2D eigenvalue weighted by molar-refractivity contribution is 6.07. The number of benzene rings is 2. The highest BCUT2D eigenvalue weighted by Crippen LogP contribution is 2.26. The topological polar surface area (TPSA) is 96.1 Å². The van der Waals surface area contributed by atoms with Crippen LogP contribution >= 0.6 is 0 Å². The molecule has 1 aliphatic rings. The van der Waals surface area contributed by atoms with Crippen LogP contribution in [0.15, 0.2) is 47.5 Å². The van der Waals surface area contributed by atoms with Gasteiger partial charge in [-0.05, 0) is 29.3 Å². The zero-order valence-corrected chi connectivity index (χ0v) is 16.7. The van der Waals surface area contributed by atoms with E-state index in [9.17, 15) is 27.6 Å². The van der Waals surface area contributed by atoms with Crippen LogP contribution in [0.2, 0.25) is 0 Å². The van der Waals surface area contributed by atoms with Crippen LogP contribution in [0.4, 0.5) is 13.2 Å². The Labute approximate surface area is 176 Å². The van der Waals surface area contributed by atoms with Crippen LogP contribution in [0.25, 0.3) is 0 Å². The van der Waals surface area contributed by atoms with Gasteiger partial charge in [0.1, 0.15) is 5.84 Å². The molecule has 162 valence electrons. The van der Waals surface area contributed by atoms with Crippen molar-refractivity contribution in [3.8, 4) is 0 Å². The van der Waals surface area contributed by atoms with Crippen molar-refractivity contribution in [2.45, 2.75) is 19.3 Å². The zero-order valence-electron chi connectivity index (χ0n) is 16.7. The maximum atomic E-state index is 12.8. The third-order valence-electron chi connectivity index (χ3n) is 4.70. The summed E-state index contributed by atoms with van der Waals surface area (Å²) >= 11 is 0. The maximum Gasteiger partial charge on any atom is 0.473 e. The second kappa shape index (κ2) is 8.21. The predicted octanol–water partition coefficient (Wildman–Crippen LogP) is 2.34. The molecule has 0 aliphatic carbocycles. The number of hydrogen-bond acceptors (Lipinski definition) is 3. The van der Waals surface area contributed by atoms with E-state index in [0.717, 1.165) is 5.56 Å². The minimum atomic E-state index is -5.13. The van der Waals surface area contributed by atoms with Crippen molar-refractivity contribution in [1.29, 1.82) is 0 Å². The summed E-state index contributed by atoms with van der Waals surface area (Å²) in [5.41, 5.74) is 7.77. The number of hydrogen-bond donors (Lipinski definition) is 1. The number of fused-ring (bicyclic) bond motifs is 1. The third kappa shape index (κ3) is 4.73. The van der Waals surface area contributed by atoms with Gasteiger partial charge in [-0.25, -0.2) is 0 Å². The van der Waals surface area contributed by atoms with Gasteiger partial charge in [0.25, 0.3) is 11.8 Å². The van der Waals surface area contributed by atoms with Crippen LogP contribution in [-0.4, -0.2) is 53.6 Å². The predicted molar refractivity (Wildman–Crippen MR) is 106 cm³/mol. The monoisotopic (exact) mass is 432 g/mol. The Hall–Kier alpha value is -3.69. The number of halogens is 3. The van der Waals surface area contributed by atoms with Crippen molar-refractivity contribution in [3.63, 3.8) is 0 Å². The van der Waals surface area contributed by atoms with Gasteiger partial charge in [0.05, 0.1) is 0 Å². The molecule has 0 spiro atoms. The average molecular weight is 432 g/mol. The van der Waals surface area contributed by atoms with E-state index < -0.39 is 17.9 Å². The van der Waals surface area contributed by atoms with E-state index in [4.69, 9.17) is 5.73 Å². The van der Waals surface area contributed by atoms with Gasteiger partial charge >= 0.3 is 12.1 Å². The molecule has 2 N–H and O–H groups in total. The molecular formula is C21H19F3N4O3. The first-order valence-electron chi connectivity index (χ1n) is 9.16. The number of carbonyl (C=O) groups is 3. The molecule has 0 saturated carbocycles. The molecule has 2 aromatic rings. The van der Waals surface area contributed by atoms with Crippen molar-refractivity contribution in [1.82, 2.24) is 9.80 Å². The Morgan fingerprint density at radius 2 is 1.84 bits per heavy atom. The highest BCUT2D eigenvalue weighted by Gasteiger charge is 2.39. The van der Waals surface area contributed by atoms with Gasteiger partial charge in [-0.3, -0.25) is 14.4 Å². The minimum absolute atomic E-state index is 0.0464. The fourth-order valence-electron chi connectivity index (χ4n) is 3.17. The molecule has 2 aromatic carbocycles. The summed E-state index contributed by atoms with van der Waals surface area (Å²) in [5.74, 6) is -3.43. The van der Waals surface area contributed by atoms with Gasteiger partial charge in [-0.15, -0.1) is 0 Å². The van der Waals surface area contributed by atoms with Crippen LogP contribution in [0, 0.1) is 0 Å². The van der Waals surface area contributed by atoms with Crippen molar-refractivity contribution < 1.29 is 27.6 Å². The molecular weight excluding hydrogens is 413 g/mol. The second-order valence-electron chi connectivity index (χ2n) is 7.23. The summed E-state index contributed by atoms with van der Waals surface area (Å²) in [6.07, 6.45) is -5.13. The lowest BCUT2D eigenvalue weighted by Gasteiger charge is -2.17. The SMILES string of the molecule is CN(C)C(=O)c1cccc(CN2Cc3ccc(C(N)=NC(=O)C(F)(F)F)cc3C2=O)c1. The fourth-order valence-corrected chi connectivity index (χ4v) is 3.17. The smallest absolute Gasteiger partial charge is 0.383 e. The number of amides is 3. The first kappa shape index (κ1) is 22.0. The molecule has 1 aliphatic heterocycles. The van der Waals surface area contributed by atoms with Crippen molar-refractivity contribution >= 4 is 23.6 Å². The Kier molecular flexibility index (Phi) is 5.83. The second-order valence-corrected chi connectivity index (χ2v) is 7.23. The summed E-state index contributed by atoms with van der Waals surface area (Å²) < 4.78 is 37.2. The van der Waals surface area contributed by atoms with Gasteiger partial charge in [-0.1, -0.05) is 24.3 Å². The molecule has 0 fully saturated rings. The van der Waals surface area contributed by atoms with Crippen LogP contribution in [0.1, 0.15) is 37.4 Å². The lowest BCUT2D eigenvalue weighted by molar-refractivity contribution is -0.169. The van der Waals surface area contributed by atoms with Gasteiger partial charge < -0.3 is 15.5 Å². The van der Waals surface area contributed by atoms with Crippen LogP contribution in [0.5, 0.6) is 0 Å². The molecule has 7 nitrogen and oxygen atoms in total. The van der Waals surface area contributed by atoms with E-state index in [1.807, 2.05) is 0 Å². The molecule has 31 heavy (non-hydrogen) atoms. The van der Waals surface area contributed by atoms with Crippen LogP contribution in [-0.2, 0) is 17.9 Å². The van der Waals surface area contributed by atoms with E-state index >= 15 is 0 Å². The fraction of sp³-hybridized carbons (Fsp3) is 0.238. The van der Waals surface area contributed by atoms with E-state index in [-0.39, 0.29) is 29.5 Å². The van der Waals surface area contributed by atoms with E-state index in [2.05, 4.69) is 4.99 Å². The number of alkyl halides is 3. The largest absolute Gasteiger partial charge is 0.473 e. The molecule has 0 bridgehead atoms. The van der Waals surface area contributed by atoms with Crippen LogP contribution in [0.3, 0.4) is 0 Å². The number of carbonyl (C=O) groups excluding carboxylic acids is 3. The molecule has 3 amide bonds. The van der Waals surface area contributed by atoms with Gasteiger partial charge in [0, 0.05) is 43.9 Å². The molecule has 0 atom stereocenters. The standard InChI is InChI=1S/C21H19F3N4O3/c1-27(2)18(29)14-5-3-4-12(8-14)10-28-11-15-7-6-13(9-16(15)19(28)30)17(25)26-20(31)21(22,23)24/h3-9H,10-11H2,1-2H3,(H2,25,26,31). The third-order valence-corrected chi connectivity index (χ3v) is 4.70. The molecule has 0 unspecified atom stereocenters. The molecule has 1 heterocycles. The highest BCUT2D eigenvalue weighted by atomic mass is 19.4. The first-order chi connectivity index (χ1) is 14.5. The summed E-state index contributed by atoms with van der Waals surface area (Å²) in [4.78, 5) is 41.8. The number of rotatable bonds is 4. The van der Waals surface area contributed by atoms with Crippen molar-refractivity contribution in [2.75, 3.05) is 14.1 Å². The number of nitrogens with two attached hydrogens (primary N) is 1. The first-order valence-corrected chi connectivity index (χ1v) is 9.16. The summed E-state index contributed by atoms with van der Waals surface area (Å²) in [6.45, 7) is 0.534. The molecule has 0 radical (unpaired) electrons. The van der Waals surface area contributed by atoms with Crippen molar-refractivity contribution in [2.24, 2.45) is 10.7 Å². The van der Waals surface area contributed by atoms with E-state index in [1.165, 1.54) is 17.0 Å². The molecule has 3 rings (SSSR count). The lowest BCUT2D eigenvalue weighted by Crippen LogP contribution is -2.25. The quantitative estimate of drug-likeness (QED) is 0.593. The Morgan fingerprint density at radius 1 is 1.13 bits per heavy atom. The molecule has 0 aromatic heterocycles. The summed E-state index contributed by atoms with van der Waals surface area (Å²) in [5, 5.41) is 0. The summed E-state index contributed by atoms with van der Waals surface area (Å²) in [6, 6.07) is 11.2. The average Bonchev–Trinajstić information content (AvgIpc) is 3.01. The normalized spacial score (nSPS) is 13.9. The zero-order chi connectivity index (χ0) is 22.9. The lowest BCUT2D eigenvalue weighted by atomic mass is 10.1. The summed E-state index contributed by atoms with van der Waals surface area (Å²) in [7, 11) is 3.29. The van der Waals surface area contributed by atoms with Gasteiger partial charge in [0.15, 0.2) is 0 Å². The number of aliphatic imine (C=N–C) groups is 1. The Balaban J connectivity index is 1.80. The van der Waals surface area contributed by atoms with Gasteiger partial charge in [0.2, 0.25) is 0 Å². The number of amidine groups is 1. The minimum Gasteiger partial charge on any atom is -0.383 e.